The van der Waals surface area contributed by atoms with Crippen molar-refractivity contribution in [3.63, 3.8) is 0 Å². The van der Waals surface area contributed by atoms with Gasteiger partial charge in [0, 0.05) is 22.8 Å². The number of para-hydroxylation sites is 1. The lowest BCUT2D eigenvalue weighted by molar-refractivity contribution is -0.123. The summed E-state index contributed by atoms with van der Waals surface area (Å²) in [4.78, 5) is 25.5. The molecule has 0 saturated carbocycles. The number of hydrogen-bond acceptors (Lipinski definition) is 3. The van der Waals surface area contributed by atoms with E-state index in [1.807, 2.05) is 66.7 Å². The van der Waals surface area contributed by atoms with Gasteiger partial charge in [0.25, 0.3) is 11.5 Å². The molecule has 0 radical (unpaired) electrons. The first-order chi connectivity index (χ1) is 15.6. The van der Waals surface area contributed by atoms with Crippen LogP contribution >= 0.6 is 11.6 Å². The van der Waals surface area contributed by atoms with Gasteiger partial charge < -0.3 is 14.6 Å². The summed E-state index contributed by atoms with van der Waals surface area (Å²) in [6.45, 7) is 0.296. The molecule has 3 aromatic carbocycles. The molecule has 0 fully saturated rings. The van der Waals surface area contributed by atoms with Crippen molar-refractivity contribution < 1.29 is 9.53 Å². The minimum absolute atomic E-state index is 0.192. The average molecular weight is 445 g/mol. The predicted molar refractivity (Wildman–Crippen MR) is 126 cm³/mol. The normalized spacial score (nSPS) is 11.5. The van der Waals surface area contributed by atoms with Crippen LogP contribution in [0, 0.1) is 0 Å². The molecule has 1 atom stereocenters. The first-order valence-electron chi connectivity index (χ1n) is 10.1. The van der Waals surface area contributed by atoms with Crippen molar-refractivity contribution in [2.45, 2.75) is 12.6 Å². The highest BCUT2D eigenvalue weighted by molar-refractivity contribution is 6.31. The van der Waals surface area contributed by atoms with Crippen LogP contribution in [-0.4, -0.2) is 10.5 Å². The molecule has 1 heterocycles. The van der Waals surface area contributed by atoms with Gasteiger partial charge in [0.05, 0.1) is 12.2 Å². The van der Waals surface area contributed by atoms with Gasteiger partial charge in [-0.2, -0.15) is 0 Å². The van der Waals surface area contributed by atoms with E-state index in [1.165, 1.54) is 10.6 Å². The van der Waals surface area contributed by atoms with Gasteiger partial charge >= 0.3 is 0 Å². The maximum atomic E-state index is 13.2. The number of pyridine rings is 1. The molecule has 1 aromatic heterocycles. The second-order valence-electron chi connectivity index (χ2n) is 7.19. The maximum absolute atomic E-state index is 13.2. The summed E-state index contributed by atoms with van der Waals surface area (Å²) in [6, 6.07) is 28.8. The standard InChI is InChI=1S/C26H21ClN2O3/c27-23-14-8-7-11-20(23)17-29-18-21(15-16-24(29)30)28-26(31)25(19-9-3-1-4-10-19)32-22-12-5-2-6-13-22/h1-16,18,25H,17H2,(H,28,31). The first kappa shape index (κ1) is 21.4. The van der Waals surface area contributed by atoms with E-state index in [1.54, 1.807) is 30.5 Å². The molecule has 0 aliphatic heterocycles. The van der Waals surface area contributed by atoms with E-state index in [-0.39, 0.29) is 11.5 Å². The van der Waals surface area contributed by atoms with Crippen LogP contribution in [0.3, 0.4) is 0 Å². The van der Waals surface area contributed by atoms with Crippen molar-refractivity contribution in [2.75, 3.05) is 5.32 Å². The molecule has 160 valence electrons. The zero-order valence-corrected chi connectivity index (χ0v) is 17.9. The zero-order valence-electron chi connectivity index (χ0n) is 17.1. The molecule has 0 aliphatic rings. The molecule has 0 bridgehead atoms. The Morgan fingerprint density at radius 1 is 0.875 bits per heavy atom. The van der Waals surface area contributed by atoms with E-state index < -0.39 is 6.10 Å². The van der Waals surface area contributed by atoms with Crippen molar-refractivity contribution in [3.8, 4) is 5.75 Å². The molecular weight excluding hydrogens is 424 g/mol. The van der Waals surface area contributed by atoms with Crippen LogP contribution in [-0.2, 0) is 11.3 Å². The number of nitrogens with one attached hydrogen (secondary N) is 1. The van der Waals surface area contributed by atoms with Crippen molar-refractivity contribution in [1.29, 1.82) is 0 Å². The van der Waals surface area contributed by atoms with Crippen LogP contribution in [0.2, 0.25) is 5.02 Å². The van der Waals surface area contributed by atoms with Crippen LogP contribution in [0.5, 0.6) is 5.75 Å². The van der Waals surface area contributed by atoms with E-state index in [4.69, 9.17) is 16.3 Å². The van der Waals surface area contributed by atoms with Gasteiger partial charge in [-0.05, 0) is 29.8 Å². The number of anilines is 1. The Morgan fingerprint density at radius 3 is 2.25 bits per heavy atom. The molecule has 4 aromatic rings. The summed E-state index contributed by atoms with van der Waals surface area (Å²) in [6.07, 6.45) is 0.747. The predicted octanol–water partition coefficient (Wildman–Crippen LogP) is 5.31. The van der Waals surface area contributed by atoms with E-state index >= 15 is 0 Å². The summed E-state index contributed by atoms with van der Waals surface area (Å²) in [5, 5.41) is 3.45. The quantitative estimate of drug-likeness (QED) is 0.420. The second-order valence-corrected chi connectivity index (χ2v) is 7.59. The van der Waals surface area contributed by atoms with E-state index in [9.17, 15) is 9.59 Å². The van der Waals surface area contributed by atoms with Crippen LogP contribution < -0.4 is 15.6 Å². The fourth-order valence-electron chi connectivity index (χ4n) is 3.28. The van der Waals surface area contributed by atoms with Crippen molar-refractivity contribution in [1.82, 2.24) is 4.57 Å². The van der Waals surface area contributed by atoms with Gasteiger partial charge in [-0.25, -0.2) is 0 Å². The van der Waals surface area contributed by atoms with Gasteiger partial charge in [0.15, 0.2) is 0 Å². The molecule has 32 heavy (non-hydrogen) atoms. The van der Waals surface area contributed by atoms with E-state index in [2.05, 4.69) is 5.32 Å². The molecular formula is C26H21ClN2O3. The summed E-state index contributed by atoms with van der Waals surface area (Å²) in [5.74, 6) is 0.239. The number of halogens is 1. The number of carbonyl (C=O) groups is 1. The highest BCUT2D eigenvalue weighted by atomic mass is 35.5. The number of benzene rings is 3. The third kappa shape index (κ3) is 5.25. The lowest BCUT2D eigenvalue weighted by Crippen LogP contribution is -2.27. The first-order valence-corrected chi connectivity index (χ1v) is 10.5. The van der Waals surface area contributed by atoms with Gasteiger partial charge in [-0.3, -0.25) is 9.59 Å². The zero-order chi connectivity index (χ0) is 22.3. The average Bonchev–Trinajstić information content (AvgIpc) is 2.82. The molecule has 0 saturated heterocycles. The minimum Gasteiger partial charge on any atom is -0.476 e. The van der Waals surface area contributed by atoms with E-state index in [0.29, 0.717) is 23.0 Å². The van der Waals surface area contributed by atoms with Gasteiger partial charge in [0.2, 0.25) is 6.10 Å². The topological polar surface area (TPSA) is 60.3 Å². The Kier molecular flexibility index (Phi) is 6.68. The smallest absolute Gasteiger partial charge is 0.270 e. The summed E-state index contributed by atoms with van der Waals surface area (Å²) >= 11 is 6.24. The number of nitrogens with zero attached hydrogens (tertiary/aromatic N) is 1. The molecule has 5 nitrogen and oxygen atoms in total. The molecule has 1 amide bonds. The highest BCUT2D eigenvalue weighted by Crippen LogP contribution is 2.23. The summed E-state index contributed by atoms with van der Waals surface area (Å²) < 4.78 is 7.51. The fourth-order valence-corrected chi connectivity index (χ4v) is 3.48. The lowest BCUT2D eigenvalue weighted by Gasteiger charge is -2.19. The fraction of sp³-hybridized carbons (Fsp3) is 0.0769. The van der Waals surface area contributed by atoms with Crippen LogP contribution in [0.15, 0.2) is 108 Å². The Morgan fingerprint density at radius 2 is 1.53 bits per heavy atom. The Bertz CT molecular complexity index is 1260. The Balaban J connectivity index is 1.58. The SMILES string of the molecule is O=C(Nc1ccc(=O)n(Cc2ccccc2Cl)c1)C(Oc1ccccc1)c1ccccc1. The number of aromatic nitrogens is 1. The maximum Gasteiger partial charge on any atom is 0.270 e. The number of amides is 1. The molecule has 1 unspecified atom stereocenters. The van der Waals surface area contributed by atoms with E-state index in [0.717, 1.165) is 11.1 Å². The Hall–Kier alpha value is -3.83. The van der Waals surface area contributed by atoms with Crippen LogP contribution in [0.4, 0.5) is 5.69 Å². The van der Waals surface area contributed by atoms with Gasteiger partial charge in [-0.15, -0.1) is 0 Å². The third-order valence-electron chi connectivity index (χ3n) is 4.89. The van der Waals surface area contributed by atoms with Crippen LogP contribution in [0.25, 0.3) is 0 Å². The molecule has 0 aliphatic carbocycles. The second kappa shape index (κ2) is 9.98. The van der Waals surface area contributed by atoms with Crippen molar-refractivity contribution in [3.05, 3.63) is 130 Å². The van der Waals surface area contributed by atoms with Crippen LogP contribution in [0.1, 0.15) is 17.2 Å². The van der Waals surface area contributed by atoms with Crippen molar-refractivity contribution in [2.24, 2.45) is 0 Å². The number of ether oxygens (including phenoxy) is 1. The third-order valence-corrected chi connectivity index (χ3v) is 5.26. The largest absolute Gasteiger partial charge is 0.476 e. The minimum atomic E-state index is -0.859. The molecule has 0 spiro atoms. The highest BCUT2D eigenvalue weighted by Gasteiger charge is 2.23. The molecule has 4 rings (SSSR count). The van der Waals surface area contributed by atoms with Crippen molar-refractivity contribution >= 4 is 23.2 Å². The van der Waals surface area contributed by atoms with Gasteiger partial charge in [-0.1, -0.05) is 78.3 Å². The summed E-state index contributed by atoms with van der Waals surface area (Å²) in [5.41, 5.74) is 1.83. The number of carbonyl (C=O) groups excluding carboxylic acids is 1. The lowest BCUT2D eigenvalue weighted by atomic mass is 10.1. The number of rotatable bonds is 7. The monoisotopic (exact) mass is 444 g/mol. The molecule has 1 N–H and O–H groups in total. The number of hydrogen-bond donors (Lipinski definition) is 1. The molecule has 6 heteroatoms. The Labute approximate surface area is 190 Å². The summed E-state index contributed by atoms with van der Waals surface area (Å²) in [7, 11) is 0. The van der Waals surface area contributed by atoms with Gasteiger partial charge in [0.1, 0.15) is 5.75 Å².